The van der Waals surface area contributed by atoms with Crippen LogP contribution in [0.4, 0.5) is 13.2 Å². The molecule has 0 aromatic carbocycles. The number of carboxylic acids is 1. The number of hydrogen-bond acceptors (Lipinski definition) is 6. The first-order chi connectivity index (χ1) is 15.1. The Morgan fingerprint density at radius 2 is 1.81 bits per heavy atom. The smallest absolute Gasteiger partial charge is 0.475 e. The molecule has 2 saturated heterocycles. The number of likely N-dealkylation sites (tertiary alicyclic amines) is 1. The molecule has 1 unspecified atom stereocenters. The van der Waals surface area contributed by atoms with Gasteiger partial charge < -0.3 is 23.6 Å². The lowest BCUT2D eigenvalue weighted by Gasteiger charge is -2.38. The molecule has 8 nitrogen and oxygen atoms in total. The summed E-state index contributed by atoms with van der Waals surface area (Å²) in [6, 6.07) is 7.77. The van der Waals surface area contributed by atoms with Gasteiger partial charge in [-0.2, -0.15) is 13.2 Å². The number of carboxylic acid groups (broad SMARTS) is 1. The first-order valence-electron chi connectivity index (χ1n) is 10.1. The summed E-state index contributed by atoms with van der Waals surface area (Å²) in [4.78, 5) is 25.5. The lowest BCUT2D eigenvalue weighted by atomic mass is 9.87. The maximum absolute atomic E-state index is 12.4. The van der Waals surface area contributed by atoms with Crippen LogP contribution >= 0.6 is 0 Å². The normalized spacial score (nSPS) is 20.3. The van der Waals surface area contributed by atoms with Crippen LogP contribution in [0.3, 0.4) is 0 Å². The average Bonchev–Trinajstić information content (AvgIpc) is 3.50. The Bertz CT molecular complexity index is 874. The highest BCUT2D eigenvalue weighted by atomic mass is 19.4. The summed E-state index contributed by atoms with van der Waals surface area (Å²) in [6.07, 6.45) is 0.932. The van der Waals surface area contributed by atoms with E-state index >= 15 is 0 Å². The van der Waals surface area contributed by atoms with E-state index in [9.17, 15) is 18.0 Å². The third-order valence-electron chi connectivity index (χ3n) is 5.73. The number of aliphatic carboxylic acids is 1. The third-order valence-corrected chi connectivity index (χ3v) is 5.73. The zero-order valence-corrected chi connectivity index (χ0v) is 17.5. The SMILES string of the molecule is CN(Cc1ccco1)C1COC2(CCN(C(=O)c3ccco3)CC2)C1.O=C(O)C(F)(F)F. The van der Waals surface area contributed by atoms with Crippen molar-refractivity contribution in [2.24, 2.45) is 0 Å². The molecule has 1 amide bonds. The van der Waals surface area contributed by atoms with Crippen molar-refractivity contribution >= 4 is 11.9 Å². The number of carbonyl (C=O) groups excluding carboxylic acids is 1. The molecular formula is C21H25F3N2O6. The highest BCUT2D eigenvalue weighted by Crippen LogP contribution is 2.38. The van der Waals surface area contributed by atoms with Gasteiger partial charge in [0.1, 0.15) is 5.76 Å². The summed E-state index contributed by atoms with van der Waals surface area (Å²) in [5.74, 6) is -1.39. The molecular weight excluding hydrogens is 433 g/mol. The lowest BCUT2D eigenvalue weighted by Crippen LogP contribution is -2.47. The molecule has 2 aliphatic heterocycles. The zero-order chi connectivity index (χ0) is 23.4. The van der Waals surface area contributed by atoms with Crippen LogP contribution in [0, 0.1) is 0 Å². The minimum atomic E-state index is -5.08. The molecule has 0 aliphatic carbocycles. The summed E-state index contributed by atoms with van der Waals surface area (Å²) >= 11 is 0. The van der Waals surface area contributed by atoms with Gasteiger partial charge in [-0.25, -0.2) is 4.79 Å². The predicted molar refractivity (Wildman–Crippen MR) is 105 cm³/mol. The number of hydrogen-bond donors (Lipinski definition) is 1. The second-order valence-corrected chi connectivity index (χ2v) is 7.92. The maximum Gasteiger partial charge on any atom is 0.490 e. The lowest BCUT2D eigenvalue weighted by molar-refractivity contribution is -0.192. The van der Waals surface area contributed by atoms with Crippen LogP contribution in [0.5, 0.6) is 0 Å². The molecule has 4 heterocycles. The van der Waals surface area contributed by atoms with Crippen molar-refractivity contribution in [1.82, 2.24) is 9.80 Å². The van der Waals surface area contributed by atoms with Crippen LogP contribution in [-0.4, -0.2) is 71.3 Å². The topological polar surface area (TPSA) is 96.4 Å². The average molecular weight is 458 g/mol. The summed E-state index contributed by atoms with van der Waals surface area (Å²) in [7, 11) is 2.12. The second kappa shape index (κ2) is 9.78. The Kier molecular flexibility index (Phi) is 7.29. The number of furan rings is 2. The minimum absolute atomic E-state index is 0.0238. The van der Waals surface area contributed by atoms with E-state index in [4.69, 9.17) is 23.5 Å². The Hall–Kier alpha value is -2.79. The van der Waals surface area contributed by atoms with Crippen molar-refractivity contribution < 1.29 is 41.4 Å². The maximum atomic E-state index is 12.4. The molecule has 11 heteroatoms. The summed E-state index contributed by atoms with van der Waals surface area (Å²) in [5, 5.41) is 7.12. The van der Waals surface area contributed by atoms with Gasteiger partial charge in [0.2, 0.25) is 0 Å². The summed E-state index contributed by atoms with van der Waals surface area (Å²) < 4.78 is 48.6. The number of halogens is 3. The first-order valence-corrected chi connectivity index (χ1v) is 10.1. The Morgan fingerprint density at radius 1 is 1.19 bits per heavy atom. The number of nitrogens with zero attached hydrogens (tertiary/aromatic N) is 2. The van der Waals surface area contributed by atoms with Crippen LogP contribution in [0.1, 0.15) is 35.6 Å². The zero-order valence-electron chi connectivity index (χ0n) is 17.5. The number of ether oxygens (including phenoxy) is 1. The van der Waals surface area contributed by atoms with Gasteiger partial charge in [0, 0.05) is 19.1 Å². The van der Waals surface area contributed by atoms with Crippen molar-refractivity contribution in [2.45, 2.75) is 43.6 Å². The molecule has 1 spiro atoms. The van der Waals surface area contributed by atoms with Crippen LogP contribution in [-0.2, 0) is 16.1 Å². The van der Waals surface area contributed by atoms with Crippen LogP contribution in [0.15, 0.2) is 45.6 Å². The van der Waals surface area contributed by atoms with E-state index in [-0.39, 0.29) is 11.5 Å². The fourth-order valence-corrected chi connectivity index (χ4v) is 3.90. The van der Waals surface area contributed by atoms with Gasteiger partial charge in [0.25, 0.3) is 5.91 Å². The van der Waals surface area contributed by atoms with Gasteiger partial charge in [-0.05, 0) is 50.6 Å². The molecule has 32 heavy (non-hydrogen) atoms. The molecule has 2 fully saturated rings. The van der Waals surface area contributed by atoms with E-state index in [0.717, 1.165) is 38.2 Å². The van der Waals surface area contributed by atoms with Crippen molar-refractivity contribution in [3.05, 3.63) is 48.3 Å². The van der Waals surface area contributed by atoms with Gasteiger partial charge in [-0.3, -0.25) is 9.69 Å². The largest absolute Gasteiger partial charge is 0.490 e. The van der Waals surface area contributed by atoms with E-state index in [1.165, 1.54) is 6.26 Å². The fraction of sp³-hybridized carbons (Fsp3) is 0.524. The number of likely N-dealkylation sites (N-methyl/N-ethyl adjacent to an activating group) is 1. The summed E-state index contributed by atoms with van der Waals surface area (Å²) in [6.45, 7) is 2.96. The van der Waals surface area contributed by atoms with E-state index in [1.54, 1.807) is 18.4 Å². The predicted octanol–water partition coefficient (Wildman–Crippen LogP) is 3.40. The molecule has 4 rings (SSSR count). The van der Waals surface area contributed by atoms with Crippen molar-refractivity contribution in [2.75, 3.05) is 26.7 Å². The standard InChI is InChI=1S/C19H24N2O4.C2HF3O2/c1-20(13-16-4-2-10-23-16)15-12-19(25-14-15)6-8-21(9-7-19)18(22)17-5-3-11-24-17;3-2(4,5)1(6)7/h2-5,10-11,15H,6-9,12-14H2,1H3;(H,6,7). The van der Waals surface area contributed by atoms with E-state index in [1.807, 2.05) is 17.0 Å². The molecule has 2 aromatic heterocycles. The van der Waals surface area contributed by atoms with Crippen LogP contribution in [0.25, 0.3) is 0 Å². The monoisotopic (exact) mass is 458 g/mol. The van der Waals surface area contributed by atoms with E-state index < -0.39 is 12.1 Å². The number of piperidine rings is 1. The summed E-state index contributed by atoms with van der Waals surface area (Å²) in [5.41, 5.74) is -0.0952. The first kappa shape index (κ1) is 23.9. The Balaban J connectivity index is 0.000000360. The van der Waals surface area contributed by atoms with Crippen LogP contribution in [0.2, 0.25) is 0 Å². The third kappa shape index (κ3) is 5.92. The quantitative estimate of drug-likeness (QED) is 0.750. The highest BCUT2D eigenvalue weighted by Gasteiger charge is 2.44. The molecule has 0 radical (unpaired) electrons. The number of amides is 1. The molecule has 1 atom stereocenters. The van der Waals surface area contributed by atoms with Crippen molar-refractivity contribution in [3.63, 3.8) is 0 Å². The number of rotatable bonds is 4. The fourth-order valence-electron chi connectivity index (χ4n) is 3.90. The second-order valence-electron chi connectivity index (χ2n) is 7.92. The van der Waals surface area contributed by atoms with Crippen molar-refractivity contribution in [1.29, 1.82) is 0 Å². The van der Waals surface area contributed by atoms with Gasteiger partial charge >= 0.3 is 12.1 Å². The molecule has 2 aromatic rings. The molecule has 2 aliphatic rings. The van der Waals surface area contributed by atoms with Gasteiger partial charge in [0.15, 0.2) is 5.76 Å². The molecule has 0 saturated carbocycles. The minimum Gasteiger partial charge on any atom is -0.475 e. The van der Waals surface area contributed by atoms with E-state index in [0.29, 0.717) is 24.9 Å². The number of alkyl halides is 3. The van der Waals surface area contributed by atoms with Gasteiger partial charge in [-0.1, -0.05) is 0 Å². The van der Waals surface area contributed by atoms with Gasteiger partial charge in [0.05, 0.1) is 31.3 Å². The Labute approximate surface area is 182 Å². The highest BCUT2D eigenvalue weighted by molar-refractivity contribution is 5.91. The number of carbonyl (C=O) groups is 2. The van der Waals surface area contributed by atoms with Crippen LogP contribution < -0.4 is 0 Å². The van der Waals surface area contributed by atoms with Crippen molar-refractivity contribution in [3.8, 4) is 0 Å². The molecule has 176 valence electrons. The Morgan fingerprint density at radius 3 is 2.34 bits per heavy atom. The van der Waals surface area contributed by atoms with Gasteiger partial charge in [-0.15, -0.1) is 0 Å². The molecule has 0 bridgehead atoms. The van der Waals surface area contributed by atoms with E-state index in [2.05, 4.69) is 11.9 Å². The molecule has 1 N–H and O–H groups in total.